The van der Waals surface area contributed by atoms with Crippen LogP contribution in [0.1, 0.15) is 16.2 Å². The largest absolute Gasteiger partial charge is 0.477 e. The first-order valence-corrected chi connectivity index (χ1v) is 5.81. The number of aryl methyl sites for hydroxylation is 1. The van der Waals surface area contributed by atoms with Gasteiger partial charge in [-0.25, -0.2) is 14.2 Å². The molecule has 0 saturated carbocycles. The van der Waals surface area contributed by atoms with Gasteiger partial charge in [-0.3, -0.25) is 10.1 Å². The van der Waals surface area contributed by atoms with Crippen molar-refractivity contribution in [1.82, 2.24) is 9.55 Å². The highest BCUT2D eigenvalue weighted by molar-refractivity contribution is 5.93. The Hall–Kier alpha value is -2.97. The summed E-state index contributed by atoms with van der Waals surface area (Å²) < 4.78 is 15.5. The van der Waals surface area contributed by atoms with E-state index in [1.54, 1.807) is 24.0 Å². The van der Waals surface area contributed by atoms with Crippen LogP contribution in [0.3, 0.4) is 0 Å². The zero-order valence-corrected chi connectivity index (χ0v) is 10.9. The van der Waals surface area contributed by atoms with E-state index in [0.29, 0.717) is 11.9 Å². The summed E-state index contributed by atoms with van der Waals surface area (Å²) in [5.74, 6) is -1.80. The smallest absolute Gasteiger partial charge is 0.342 e. The van der Waals surface area contributed by atoms with E-state index in [9.17, 15) is 19.3 Å². The molecule has 1 aromatic carbocycles. The molecule has 0 radical (unpaired) electrons. The van der Waals surface area contributed by atoms with Gasteiger partial charge in [-0.2, -0.15) is 0 Å². The second-order valence-electron chi connectivity index (χ2n) is 4.22. The number of nitrogens with zero attached hydrogens (tertiary/aromatic N) is 3. The summed E-state index contributed by atoms with van der Waals surface area (Å²) in [6.45, 7) is 0.150. The number of carboxylic acid groups (broad SMARTS) is 1. The number of nitrogens with one attached hydrogen (secondary N) is 1. The zero-order chi connectivity index (χ0) is 15.6. The molecule has 2 rings (SSSR count). The van der Waals surface area contributed by atoms with Gasteiger partial charge in [0.15, 0.2) is 5.82 Å². The molecule has 0 aliphatic rings. The van der Waals surface area contributed by atoms with Gasteiger partial charge < -0.3 is 15.0 Å². The number of carbonyl (C=O) groups is 1. The van der Waals surface area contributed by atoms with Crippen LogP contribution in [0.2, 0.25) is 0 Å². The van der Waals surface area contributed by atoms with Gasteiger partial charge in [0.1, 0.15) is 11.4 Å². The Labute approximate surface area is 118 Å². The van der Waals surface area contributed by atoms with Crippen LogP contribution in [-0.4, -0.2) is 25.6 Å². The molecule has 0 atom stereocenters. The highest BCUT2D eigenvalue weighted by Crippen LogP contribution is 2.26. The fourth-order valence-electron chi connectivity index (χ4n) is 1.76. The van der Waals surface area contributed by atoms with Gasteiger partial charge in [0.05, 0.1) is 23.2 Å². The van der Waals surface area contributed by atoms with Gasteiger partial charge in [-0.15, -0.1) is 0 Å². The van der Waals surface area contributed by atoms with E-state index in [4.69, 9.17) is 5.11 Å². The Balaban J connectivity index is 2.32. The van der Waals surface area contributed by atoms with Gasteiger partial charge in [0.2, 0.25) is 0 Å². The lowest BCUT2D eigenvalue weighted by Crippen LogP contribution is -2.09. The average molecular weight is 294 g/mol. The number of halogens is 1. The van der Waals surface area contributed by atoms with Crippen LogP contribution in [0.25, 0.3) is 0 Å². The summed E-state index contributed by atoms with van der Waals surface area (Å²) in [5, 5.41) is 22.3. The molecule has 110 valence electrons. The Morgan fingerprint density at radius 3 is 2.81 bits per heavy atom. The van der Waals surface area contributed by atoms with Crippen LogP contribution in [0.4, 0.5) is 15.8 Å². The molecule has 21 heavy (non-hydrogen) atoms. The fourth-order valence-corrected chi connectivity index (χ4v) is 1.76. The first-order chi connectivity index (χ1) is 9.90. The molecule has 1 aromatic heterocycles. The Bertz CT molecular complexity index is 713. The SMILES string of the molecule is Cn1ccnc1CNc1cc(C(=O)O)c([N+](=O)[O-])cc1F. The van der Waals surface area contributed by atoms with Crippen molar-refractivity contribution in [2.45, 2.75) is 6.54 Å². The molecule has 1 heterocycles. The minimum absolute atomic E-state index is 0.138. The van der Waals surface area contributed by atoms with E-state index in [2.05, 4.69) is 10.3 Å². The first-order valence-electron chi connectivity index (χ1n) is 5.81. The highest BCUT2D eigenvalue weighted by atomic mass is 19.1. The molecule has 0 spiro atoms. The second kappa shape index (κ2) is 5.57. The van der Waals surface area contributed by atoms with Crippen LogP contribution in [0.15, 0.2) is 24.5 Å². The van der Waals surface area contributed by atoms with Gasteiger partial charge in [0, 0.05) is 19.4 Å². The number of aromatic nitrogens is 2. The standard InChI is InChI=1S/C12H11FN4O4/c1-16-3-2-14-11(16)6-15-9-4-7(12(18)19)10(17(20)21)5-8(9)13/h2-5,15H,6H2,1H3,(H,18,19). The lowest BCUT2D eigenvalue weighted by atomic mass is 10.1. The van der Waals surface area contributed by atoms with Gasteiger partial charge >= 0.3 is 5.97 Å². The maximum absolute atomic E-state index is 13.8. The number of rotatable bonds is 5. The van der Waals surface area contributed by atoms with Crippen LogP contribution < -0.4 is 5.32 Å². The molecule has 2 aromatic rings. The van der Waals surface area contributed by atoms with E-state index in [-0.39, 0.29) is 12.2 Å². The minimum Gasteiger partial charge on any atom is -0.477 e. The molecule has 0 aliphatic carbocycles. The van der Waals surface area contributed by atoms with Gasteiger partial charge in [-0.05, 0) is 6.07 Å². The molecule has 0 unspecified atom stereocenters. The van der Waals surface area contributed by atoms with Crippen molar-refractivity contribution in [3.63, 3.8) is 0 Å². The zero-order valence-electron chi connectivity index (χ0n) is 10.9. The van der Waals surface area contributed by atoms with Crippen LogP contribution in [-0.2, 0) is 13.6 Å². The third kappa shape index (κ3) is 2.96. The van der Waals surface area contributed by atoms with Gasteiger partial charge in [0.25, 0.3) is 5.69 Å². The molecule has 2 N–H and O–H groups in total. The predicted octanol–water partition coefficient (Wildman–Crippen LogP) is 1.78. The number of hydrogen-bond acceptors (Lipinski definition) is 5. The third-order valence-corrected chi connectivity index (χ3v) is 2.87. The molecular formula is C12H11FN4O4. The number of benzene rings is 1. The summed E-state index contributed by atoms with van der Waals surface area (Å²) in [6, 6.07) is 1.49. The molecule has 9 heteroatoms. The number of nitro groups is 1. The Morgan fingerprint density at radius 2 is 2.29 bits per heavy atom. The van der Waals surface area contributed by atoms with Crippen molar-refractivity contribution in [2.24, 2.45) is 7.05 Å². The maximum Gasteiger partial charge on any atom is 0.342 e. The van der Waals surface area contributed by atoms with Crippen molar-refractivity contribution < 1.29 is 19.2 Å². The third-order valence-electron chi connectivity index (χ3n) is 2.87. The lowest BCUT2D eigenvalue weighted by Gasteiger charge is -2.09. The van der Waals surface area contributed by atoms with Crippen molar-refractivity contribution in [1.29, 1.82) is 0 Å². The normalized spacial score (nSPS) is 10.4. The summed E-state index contributed by atoms with van der Waals surface area (Å²) >= 11 is 0. The van der Waals surface area contributed by atoms with Crippen LogP contribution >= 0.6 is 0 Å². The molecule has 0 amide bonds. The summed E-state index contributed by atoms with van der Waals surface area (Å²) in [7, 11) is 1.75. The monoisotopic (exact) mass is 294 g/mol. The van der Waals surface area contributed by atoms with Gasteiger partial charge in [-0.1, -0.05) is 0 Å². The molecule has 0 aliphatic heterocycles. The summed E-state index contributed by atoms with van der Waals surface area (Å²) in [6.07, 6.45) is 3.26. The molecule has 0 bridgehead atoms. The lowest BCUT2D eigenvalue weighted by molar-refractivity contribution is -0.385. The number of imidazole rings is 1. The average Bonchev–Trinajstić information content (AvgIpc) is 2.82. The predicted molar refractivity (Wildman–Crippen MR) is 70.5 cm³/mol. The summed E-state index contributed by atoms with van der Waals surface area (Å²) in [4.78, 5) is 24.8. The van der Waals surface area contributed by atoms with E-state index >= 15 is 0 Å². The maximum atomic E-state index is 13.8. The Morgan fingerprint density at radius 1 is 1.57 bits per heavy atom. The molecule has 0 saturated heterocycles. The topological polar surface area (TPSA) is 110 Å². The van der Waals surface area contributed by atoms with E-state index in [0.717, 1.165) is 6.07 Å². The Kier molecular flexibility index (Phi) is 3.83. The minimum atomic E-state index is -1.50. The summed E-state index contributed by atoms with van der Waals surface area (Å²) in [5.41, 5.74) is -1.51. The van der Waals surface area contributed by atoms with E-state index < -0.39 is 28.0 Å². The number of nitro benzene ring substituents is 1. The second-order valence-corrected chi connectivity index (χ2v) is 4.22. The van der Waals surface area contributed by atoms with Crippen LogP contribution in [0, 0.1) is 15.9 Å². The van der Waals surface area contributed by atoms with Crippen LogP contribution in [0.5, 0.6) is 0 Å². The first kappa shape index (κ1) is 14.4. The van der Waals surface area contributed by atoms with Crippen molar-refractivity contribution in [3.05, 3.63) is 51.8 Å². The fraction of sp³-hybridized carbons (Fsp3) is 0.167. The number of aromatic carboxylic acids is 1. The van der Waals surface area contributed by atoms with E-state index in [1.165, 1.54) is 0 Å². The molecular weight excluding hydrogens is 283 g/mol. The molecule has 0 fully saturated rings. The highest BCUT2D eigenvalue weighted by Gasteiger charge is 2.23. The number of hydrogen-bond donors (Lipinski definition) is 2. The quantitative estimate of drug-likeness (QED) is 0.642. The van der Waals surface area contributed by atoms with E-state index in [1.807, 2.05) is 0 Å². The van der Waals surface area contributed by atoms with Crippen molar-refractivity contribution in [3.8, 4) is 0 Å². The number of anilines is 1. The van der Waals surface area contributed by atoms with Crippen molar-refractivity contribution in [2.75, 3.05) is 5.32 Å². The molecule has 8 nitrogen and oxygen atoms in total. The number of carboxylic acids is 1. The van der Waals surface area contributed by atoms with Crippen molar-refractivity contribution >= 4 is 17.3 Å².